The fraction of sp³-hybridized carbons (Fsp3) is 0.160. The third-order valence-corrected chi connectivity index (χ3v) is 8.87. The van der Waals surface area contributed by atoms with Gasteiger partial charge in [-0.25, -0.2) is 21.8 Å². The molecule has 3 aromatic carbocycles. The molecule has 0 aliphatic rings. The highest BCUT2D eigenvalue weighted by Gasteiger charge is 2.29. The van der Waals surface area contributed by atoms with Crippen LogP contribution < -0.4 is 0 Å². The fourth-order valence-electron chi connectivity index (χ4n) is 3.72. The summed E-state index contributed by atoms with van der Waals surface area (Å²) in [5.41, 5.74) is 2.20. The molecule has 0 bridgehead atoms. The Morgan fingerprint density at radius 2 is 1.47 bits per heavy atom. The first-order valence-electron chi connectivity index (χ1n) is 10.7. The van der Waals surface area contributed by atoms with E-state index >= 15 is 0 Å². The number of aromatic nitrogens is 2. The molecule has 34 heavy (non-hydrogen) atoms. The molecule has 0 spiro atoms. The van der Waals surface area contributed by atoms with E-state index in [-0.39, 0.29) is 23.1 Å². The molecule has 1 aromatic heterocycles. The SMILES string of the molecule is C=CCN(CCS(=O)(=O)c1nc2ccccc2n1Cc1ccccc1)S(=O)(=O)c1ccccc1. The van der Waals surface area contributed by atoms with Crippen molar-refractivity contribution in [2.75, 3.05) is 18.8 Å². The lowest BCUT2D eigenvalue weighted by Gasteiger charge is -2.20. The van der Waals surface area contributed by atoms with E-state index in [1.807, 2.05) is 42.5 Å². The number of para-hydroxylation sites is 2. The summed E-state index contributed by atoms with van der Waals surface area (Å²) in [4.78, 5) is 4.51. The molecule has 0 aliphatic carbocycles. The van der Waals surface area contributed by atoms with Gasteiger partial charge in [-0.05, 0) is 29.8 Å². The average molecular weight is 496 g/mol. The van der Waals surface area contributed by atoms with Crippen LogP contribution in [0.1, 0.15) is 5.56 Å². The van der Waals surface area contributed by atoms with Crippen molar-refractivity contribution in [2.24, 2.45) is 0 Å². The van der Waals surface area contributed by atoms with Crippen LogP contribution >= 0.6 is 0 Å². The summed E-state index contributed by atoms with van der Waals surface area (Å²) in [6.07, 6.45) is 1.44. The summed E-state index contributed by atoms with van der Waals surface area (Å²) in [5, 5.41) is -0.0757. The van der Waals surface area contributed by atoms with E-state index < -0.39 is 25.6 Å². The van der Waals surface area contributed by atoms with Crippen molar-refractivity contribution in [2.45, 2.75) is 16.6 Å². The Morgan fingerprint density at radius 3 is 2.15 bits per heavy atom. The maximum atomic E-state index is 13.5. The van der Waals surface area contributed by atoms with Gasteiger partial charge in [0.05, 0.1) is 28.2 Å². The van der Waals surface area contributed by atoms with E-state index in [1.165, 1.54) is 18.2 Å². The van der Waals surface area contributed by atoms with Crippen LogP contribution in [0.4, 0.5) is 0 Å². The molecule has 176 valence electrons. The first kappa shape index (κ1) is 23.9. The molecule has 0 aliphatic heterocycles. The fourth-order valence-corrected chi connectivity index (χ4v) is 6.65. The zero-order valence-corrected chi connectivity index (χ0v) is 20.1. The second-order valence-corrected chi connectivity index (χ2v) is 11.7. The molecular formula is C25H25N3O4S2. The summed E-state index contributed by atoms with van der Waals surface area (Å²) in [6.45, 7) is 3.73. The lowest BCUT2D eigenvalue weighted by molar-refractivity contribution is 0.457. The highest BCUT2D eigenvalue weighted by atomic mass is 32.2. The van der Waals surface area contributed by atoms with Crippen LogP contribution in [0.2, 0.25) is 0 Å². The molecule has 4 rings (SSSR count). The first-order valence-corrected chi connectivity index (χ1v) is 13.8. The van der Waals surface area contributed by atoms with Crippen molar-refractivity contribution in [1.82, 2.24) is 13.9 Å². The Bertz CT molecular complexity index is 1500. The summed E-state index contributed by atoms with van der Waals surface area (Å²) in [7, 11) is -7.80. The first-order chi connectivity index (χ1) is 16.3. The highest BCUT2D eigenvalue weighted by Crippen LogP contribution is 2.23. The number of sulfone groups is 1. The van der Waals surface area contributed by atoms with Crippen LogP contribution in [0, 0.1) is 0 Å². The Morgan fingerprint density at radius 1 is 0.853 bits per heavy atom. The molecule has 7 nitrogen and oxygen atoms in total. The van der Waals surface area contributed by atoms with Gasteiger partial charge < -0.3 is 4.57 Å². The molecule has 0 saturated carbocycles. The van der Waals surface area contributed by atoms with E-state index in [0.29, 0.717) is 17.6 Å². The Hall–Kier alpha value is -3.27. The number of sulfonamides is 1. The van der Waals surface area contributed by atoms with Crippen LogP contribution in [-0.2, 0) is 26.4 Å². The molecule has 0 saturated heterocycles. The van der Waals surface area contributed by atoms with Crippen molar-refractivity contribution in [3.63, 3.8) is 0 Å². The molecule has 1 heterocycles. The van der Waals surface area contributed by atoms with Crippen LogP contribution in [0.3, 0.4) is 0 Å². The Kier molecular flexibility index (Phi) is 6.97. The second kappa shape index (κ2) is 9.92. The zero-order valence-electron chi connectivity index (χ0n) is 18.5. The van der Waals surface area contributed by atoms with Gasteiger partial charge in [0.25, 0.3) is 0 Å². The molecule has 0 unspecified atom stereocenters. The smallest absolute Gasteiger partial charge is 0.243 e. The molecule has 9 heteroatoms. The van der Waals surface area contributed by atoms with Gasteiger partial charge >= 0.3 is 0 Å². The number of rotatable bonds is 10. The third kappa shape index (κ3) is 4.96. The predicted octanol–water partition coefficient (Wildman–Crippen LogP) is 3.74. The van der Waals surface area contributed by atoms with Crippen molar-refractivity contribution >= 4 is 30.9 Å². The van der Waals surface area contributed by atoms with Crippen molar-refractivity contribution in [3.05, 3.63) is 103 Å². The minimum atomic E-state index is -3.92. The molecule has 0 N–H and O–H groups in total. The minimum Gasteiger partial charge on any atom is -0.310 e. The van der Waals surface area contributed by atoms with Crippen LogP contribution in [0.15, 0.2) is 108 Å². The zero-order chi connectivity index (χ0) is 24.2. The minimum absolute atomic E-state index is 0.00677. The van der Waals surface area contributed by atoms with Crippen LogP contribution in [0.5, 0.6) is 0 Å². The predicted molar refractivity (Wildman–Crippen MR) is 133 cm³/mol. The Labute approximate surface area is 200 Å². The quantitative estimate of drug-likeness (QED) is 0.313. The third-order valence-electron chi connectivity index (χ3n) is 5.40. The molecule has 0 radical (unpaired) electrons. The van der Waals surface area contributed by atoms with E-state index in [1.54, 1.807) is 34.9 Å². The lowest BCUT2D eigenvalue weighted by Crippen LogP contribution is -2.35. The average Bonchev–Trinajstić information content (AvgIpc) is 3.22. The number of hydrogen-bond donors (Lipinski definition) is 0. The van der Waals surface area contributed by atoms with Crippen molar-refractivity contribution in [1.29, 1.82) is 0 Å². The largest absolute Gasteiger partial charge is 0.310 e. The van der Waals surface area contributed by atoms with Gasteiger partial charge in [0.15, 0.2) is 0 Å². The summed E-state index contributed by atoms with van der Waals surface area (Å²) >= 11 is 0. The van der Waals surface area contributed by atoms with E-state index in [0.717, 1.165) is 9.87 Å². The molecule has 0 amide bonds. The van der Waals surface area contributed by atoms with Gasteiger partial charge in [0, 0.05) is 13.1 Å². The molecule has 0 fully saturated rings. The van der Waals surface area contributed by atoms with Gasteiger partial charge in [-0.15, -0.1) is 6.58 Å². The van der Waals surface area contributed by atoms with Gasteiger partial charge in [-0.2, -0.15) is 4.31 Å². The van der Waals surface area contributed by atoms with Gasteiger partial charge in [0.1, 0.15) is 0 Å². The van der Waals surface area contributed by atoms with Crippen LogP contribution in [0.25, 0.3) is 11.0 Å². The number of nitrogens with zero attached hydrogens (tertiary/aromatic N) is 3. The normalized spacial score (nSPS) is 12.3. The van der Waals surface area contributed by atoms with E-state index in [9.17, 15) is 16.8 Å². The summed E-state index contributed by atoms with van der Waals surface area (Å²) in [5.74, 6) is -0.412. The second-order valence-electron chi connectivity index (χ2n) is 7.74. The van der Waals surface area contributed by atoms with Gasteiger partial charge in [0.2, 0.25) is 25.0 Å². The maximum absolute atomic E-state index is 13.5. The molecule has 0 atom stereocenters. The summed E-state index contributed by atoms with van der Waals surface area (Å²) < 4.78 is 55.9. The van der Waals surface area contributed by atoms with E-state index in [4.69, 9.17) is 0 Å². The topological polar surface area (TPSA) is 89.3 Å². The monoisotopic (exact) mass is 495 g/mol. The van der Waals surface area contributed by atoms with E-state index in [2.05, 4.69) is 11.6 Å². The van der Waals surface area contributed by atoms with Crippen molar-refractivity contribution < 1.29 is 16.8 Å². The standard InChI is InChI=1S/C25H25N3O4S2/c1-2-17-27(34(31,32)22-13-7-4-8-14-22)18-19-33(29,30)25-26-23-15-9-10-16-24(23)28(25)20-21-11-5-3-6-12-21/h2-16H,1,17-20H2. The number of imidazole rings is 1. The lowest BCUT2D eigenvalue weighted by atomic mass is 10.2. The van der Waals surface area contributed by atoms with Gasteiger partial charge in [-0.3, -0.25) is 0 Å². The number of hydrogen-bond acceptors (Lipinski definition) is 5. The number of fused-ring (bicyclic) bond motifs is 1. The molecule has 4 aromatic rings. The summed E-state index contributed by atoms with van der Waals surface area (Å²) in [6, 6.07) is 24.7. The Balaban J connectivity index is 1.67. The maximum Gasteiger partial charge on any atom is 0.243 e. The number of benzene rings is 3. The van der Waals surface area contributed by atoms with Crippen LogP contribution in [-0.4, -0.2) is 49.5 Å². The highest BCUT2D eigenvalue weighted by molar-refractivity contribution is 7.91. The molecular weight excluding hydrogens is 470 g/mol. The van der Waals surface area contributed by atoms with Gasteiger partial charge in [-0.1, -0.05) is 66.7 Å². The van der Waals surface area contributed by atoms with Crippen molar-refractivity contribution in [3.8, 4) is 0 Å².